The first-order chi connectivity index (χ1) is 15.5. The number of carbonyl (C=O) groups is 3. The molecule has 0 radical (unpaired) electrons. The van der Waals surface area contributed by atoms with Crippen molar-refractivity contribution in [3.63, 3.8) is 0 Å². The van der Waals surface area contributed by atoms with E-state index in [2.05, 4.69) is 21.2 Å². The maximum absolute atomic E-state index is 13.2. The van der Waals surface area contributed by atoms with Crippen LogP contribution in [-0.2, 0) is 0 Å². The van der Waals surface area contributed by atoms with Crippen molar-refractivity contribution in [2.24, 2.45) is 0 Å². The second-order valence-corrected chi connectivity index (χ2v) is 8.30. The Labute approximate surface area is 193 Å². The normalized spacial score (nSPS) is 12.2. The van der Waals surface area contributed by atoms with Crippen LogP contribution in [0.5, 0.6) is 0 Å². The SMILES string of the molecule is O=C(Nc1ccc(Br)c2c1C(=O)c1ccccc1C2=O)c1ccc(-c2ccccc2)cc1. The van der Waals surface area contributed by atoms with E-state index in [0.29, 0.717) is 26.9 Å². The maximum atomic E-state index is 13.2. The molecule has 0 aliphatic heterocycles. The van der Waals surface area contributed by atoms with E-state index in [4.69, 9.17) is 0 Å². The van der Waals surface area contributed by atoms with Crippen molar-refractivity contribution in [3.8, 4) is 11.1 Å². The highest BCUT2D eigenvalue weighted by molar-refractivity contribution is 9.10. The third-order valence-corrected chi connectivity index (χ3v) is 6.19. The topological polar surface area (TPSA) is 63.2 Å². The van der Waals surface area contributed by atoms with Crippen molar-refractivity contribution in [3.05, 3.63) is 123 Å². The van der Waals surface area contributed by atoms with Crippen LogP contribution in [0.15, 0.2) is 95.5 Å². The molecule has 32 heavy (non-hydrogen) atoms. The number of rotatable bonds is 3. The van der Waals surface area contributed by atoms with E-state index in [9.17, 15) is 14.4 Å². The summed E-state index contributed by atoms with van der Waals surface area (Å²) in [5.41, 5.74) is 4.01. The quantitative estimate of drug-likeness (QED) is 0.336. The number of hydrogen-bond donors (Lipinski definition) is 1. The summed E-state index contributed by atoms with van der Waals surface area (Å²) in [7, 11) is 0. The molecule has 0 bridgehead atoms. The maximum Gasteiger partial charge on any atom is 0.255 e. The molecule has 5 rings (SSSR count). The monoisotopic (exact) mass is 481 g/mol. The Morgan fingerprint density at radius 1 is 0.625 bits per heavy atom. The predicted octanol–water partition coefficient (Wildman–Crippen LogP) is 6.14. The van der Waals surface area contributed by atoms with Gasteiger partial charge >= 0.3 is 0 Å². The smallest absolute Gasteiger partial charge is 0.255 e. The zero-order chi connectivity index (χ0) is 22.2. The molecule has 0 fully saturated rings. The predicted molar refractivity (Wildman–Crippen MR) is 127 cm³/mol. The van der Waals surface area contributed by atoms with E-state index in [1.54, 1.807) is 48.5 Å². The number of amides is 1. The van der Waals surface area contributed by atoms with E-state index < -0.39 is 0 Å². The first kappa shape index (κ1) is 20.1. The first-order valence-electron chi connectivity index (χ1n) is 10.0. The Hall–Kier alpha value is -3.83. The lowest BCUT2D eigenvalue weighted by atomic mass is 9.83. The molecule has 154 valence electrons. The number of nitrogens with one attached hydrogen (secondary N) is 1. The molecule has 4 aromatic carbocycles. The minimum Gasteiger partial charge on any atom is -0.321 e. The Morgan fingerprint density at radius 3 is 1.84 bits per heavy atom. The van der Waals surface area contributed by atoms with Gasteiger partial charge in [-0.05, 0) is 35.4 Å². The molecule has 1 aliphatic carbocycles. The number of anilines is 1. The molecule has 0 heterocycles. The van der Waals surface area contributed by atoms with Gasteiger partial charge in [0.1, 0.15) is 0 Å². The van der Waals surface area contributed by atoms with Gasteiger partial charge < -0.3 is 5.32 Å². The van der Waals surface area contributed by atoms with Gasteiger partial charge in [-0.2, -0.15) is 0 Å². The van der Waals surface area contributed by atoms with Crippen molar-refractivity contribution >= 4 is 39.1 Å². The molecule has 0 unspecified atom stereocenters. The van der Waals surface area contributed by atoms with Crippen LogP contribution >= 0.6 is 15.9 Å². The second-order valence-electron chi connectivity index (χ2n) is 7.45. The highest BCUT2D eigenvalue weighted by atomic mass is 79.9. The molecular weight excluding hydrogens is 466 g/mol. The van der Waals surface area contributed by atoms with Gasteiger partial charge in [-0.1, -0.05) is 82.7 Å². The summed E-state index contributed by atoms with van der Waals surface area (Å²) in [5, 5.41) is 2.82. The summed E-state index contributed by atoms with van der Waals surface area (Å²) < 4.78 is 0.519. The van der Waals surface area contributed by atoms with Gasteiger partial charge in [0, 0.05) is 21.2 Å². The van der Waals surface area contributed by atoms with Gasteiger partial charge in [0.2, 0.25) is 0 Å². The van der Waals surface area contributed by atoms with Crippen LogP contribution in [0.4, 0.5) is 5.69 Å². The zero-order valence-corrected chi connectivity index (χ0v) is 18.3. The summed E-state index contributed by atoms with van der Waals surface area (Å²) in [6.07, 6.45) is 0. The second kappa shape index (κ2) is 8.02. The van der Waals surface area contributed by atoms with Crippen LogP contribution in [-0.4, -0.2) is 17.5 Å². The molecular formula is C27H16BrNO3. The van der Waals surface area contributed by atoms with E-state index in [0.717, 1.165) is 11.1 Å². The molecule has 0 saturated carbocycles. The average molecular weight is 482 g/mol. The van der Waals surface area contributed by atoms with E-state index in [1.807, 2.05) is 42.5 Å². The van der Waals surface area contributed by atoms with Crippen LogP contribution in [0, 0.1) is 0 Å². The average Bonchev–Trinajstić information content (AvgIpc) is 2.84. The molecule has 5 heteroatoms. The Kier molecular flexibility index (Phi) is 5.04. The zero-order valence-electron chi connectivity index (χ0n) is 16.8. The van der Waals surface area contributed by atoms with Crippen LogP contribution in [0.3, 0.4) is 0 Å². The highest BCUT2D eigenvalue weighted by Gasteiger charge is 2.33. The van der Waals surface area contributed by atoms with E-state index in [-0.39, 0.29) is 28.6 Å². The lowest BCUT2D eigenvalue weighted by Gasteiger charge is -2.21. The summed E-state index contributed by atoms with van der Waals surface area (Å²) in [4.78, 5) is 39.2. The minimum absolute atomic E-state index is 0.206. The lowest BCUT2D eigenvalue weighted by Crippen LogP contribution is -2.24. The van der Waals surface area contributed by atoms with Gasteiger partial charge in [-0.3, -0.25) is 14.4 Å². The van der Waals surface area contributed by atoms with Gasteiger partial charge in [-0.25, -0.2) is 0 Å². The molecule has 0 saturated heterocycles. The molecule has 0 atom stereocenters. The molecule has 4 nitrogen and oxygen atoms in total. The molecule has 0 aromatic heterocycles. The molecule has 1 amide bonds. The van der Waals surface area contributed by atoms with Crippen molar-refractivity contribution in [2.75, 3.05) is 5.32 Å². The minimum atomic E-state index is -0.353. The van der Waals surface area contributed by atoms with Crippen LogP contribution < -0.4 is 5.32 Å². The van der Waals surface area contributed by atoms with E-state index >= 15 is 0 Å². The Morgan fingerprint density at radius 2 is 1.19 bits per heavy atom. The van der Waals surface area contributed by atoms with Crippen LogP contribution in [0.25, 0.3) is 11.1 Å². The fourth-order valence-electron chi connectivity index (χ4n) is 3.93. The standard InChI is InChI=1S/C27H16BrNO3/c28-21-14-15-22(24-23(21)25(30)19-8-4-5-9-20(19)26(24)31)29-27(32)18-12-10-17(11-13-18)16-6-2-1-3-7-16/h1-15H,(H,29,32). The van der Waals surface area contributed by atoms with Crippen LogP contribution in [0.1, 0.15) is 42.2 Å². The molecule has 4 aromatic rings. The number of halogens is 1. The first-order valence-corrected chi connectivity index (χ1v) is 10.8. The summed E-state index contributed by atoms with van der Waals surface area (Å²) in [6.45, 7) is 0. The Balaban J connectivity index is 1.49. The fraction of sp³-hybridized carbons (Fsp3) is 0. The van der Waals surface area contributed by atoms with Crippen molar-refractivity contribution in [2.45, 2.75) is 0 Å². The summed E-state index contributed by atoms with van der Waals surface area (Å²) >= 11 is 3.39. The number of carbonyl (C=O) groups excluding carboxylic acids is 3. The van der Waals surface area contributed by atoms with Gasteiger partial charge in [0.25, 0.3) is 5.91 Å². The van der Waals surface area contributed by atoms with Crippen LogP contribution in [0.2, 0.25) is 0 Å². The molecule has 0 spiro atoms. The van der Waals surface area contributed by atoms with Crippen molar-refractivity contribution in [1.29, 1.82) is 0 Å². The molecule has 1 aliphatic rings. The number of ketones is 2. The third kappa shape index (κ3) is 3.37. The lowest BCUT2D eigenvalue weighted by molar-refractivity contribution is 0.0978. The highest BCUT2D eigenvalue weighted by Crippen LogP contribution is 2.36. The largest absolute Gasteiger partial charge is 0.321 e. The summed E-state index contributed by atoms with van der Waals surface area (Å²) in [6, 6.07) is 27.2. The fourth-order valence-corrected chi connectivity index (χ4v) is 4.44. The van der Waals surface area contributed by atoms with Gasteiger partial charge in [0.15, 0.2) is 11.6 Å². The third-order valence-electron chi connectivity index (χ3n) is 5.53. The number of benzene rings is 4. The van der Waals surface area contributed by atoms with Gasteiger partial charge in [-0.15, -0.1) is 0 Å². The molecule has 1 N–H and O–H groups in total. The Bertz CT molecular complexity index is 1390. The van der Waals surface area contributed by atoms with Crippen molar-refractivity contribution in [1.82, 2.24) is 0 Å². The van der Waals surface area contributed by atoms with Crippen molar-refractivity contribution < 1.29 is 14.4 Å². The van der Waals surface area contributed by atoms with Gasteiger partial charge in [0.05, 0.1) is 16.8 Å². The number of hydrogen-bond acceptors (Lipinski definition) is 3. The summed E-state index contributed by atoms with van der Waals surface area (Å²) in [5.74, 6) is -0.884. The number of fused-ring (bicyclic) bond motifs is 2. The van der Waals surface area contributed by atoms with E-state index in [1.165, 1.54) is 0 Å².